The molecule has 2 aliphatic heterocycles. The monoisotopic (exact) mass is 1130 g/mol. The average molecular weight is 1130 g/mol. The molecule has 424 valence electrons. The van der Waals surface area contributed by atoms with Gasteiger partial charge >= 0.3 is 30.3 Å². The van der Waals surface area contributed by atoms with Crippen LogP contribution in [-0.4, -0.2) is 124 Å². The molecule has 3 amide bonds. The zero-order chi connectivity index (χ0) is 56.2. The van der Waals surface area contributed by atoms with Crippen molar-refractivity contribution in [3.05, 3.63) is 126 Å². The van der Waals surface area contributed by atoms with Crippen LogP contribution in [0.2, 0.25) is 0 Å². The van der Waals surface area contributed by atoms with Crippen LogP contribution < -0.4 is 20.7 Å². The number of esters is 3. The van der Waals surface area contributed by atoms with E-state index in [-0.39, 0.29) is 109 Å². The summed E-state index contributed by atoms with van der Waals surface area (Å²) in [5, 5.41) is 14.8. The topological polar surface area (TPSA) is 205 Å². The van der Waals surface area contributed by atoms with E-state index in [2.05, 4.69) is 30.9 Å². The summed E-state index contributed by atoms with van der Waals surface area (Å²) in [5.41, 5.74) is -6.87. The zero-order valence-corrected chi connectivity index (χ0v) is 43.3. The first-order valence-corrected chi connectivity index (χ1v) is 24.6. The van der Waals surface area contributed by atoms with Gasteiger partial charge in [-0.05, 0) is 76.2 Å². The molecule has 0 bridgehead atoms. The maximum absolute atomic E-state index is 14.6. The van der Waals surface area contributed by atoms with Crippen molar-refractivity contribution in [2.24, 2.45) is 0 Å². The number of nitrogens with one attached hydrogen (secondary N) is 3. The molecule has 2 saturated heterocycles. The van der Waals surface area contributed by atoms with Gasteiger partial charge in [0, 0.05) is 77.1 Å². The third-order valence-corrected chi connectivity index (χ3v) is 11.8. The van der Waals surface area contributed by atoms with Gasteiger partial charge in [-0.25, -0.2) is 27.7 Å². The van der Waals surface area contributed by atoms with Crippen LogP contribution in [0.1, 0.15) is 97.3 Å². The molecule has 78 heavy (non-hydrogen) atoms. The molecule has 0 saturated carbocycles. The van der Waals surface area contributed by atoms with E-state index in [1.165, 1.54) is 4.90 Å². The SMILES string of the molecule is CCOC(=O)C1(F)CCN(C(=O)CCCNC(=O)c2cn(-c3ccccc3)nc2C(F)(F)F)CC1.CCOC(=O)C1(F)CCNCC1.Cl.O=C(CCCNC(=O)c1cn(-c2ccccc2)nc1C(F)(F)F)Oc1ccccc1. The molecule has 0 unspecified atom stereocenters. The minimum absolute atomic E-state index is 0. The van der Waals surface area contributed by atoms with Crippen LogP contribution in [0.4, 0.5) is 35.1 Å². The molecule has 2 aliphatic rings. The largest absolute Gasteiger partial charge is 0.464 e. The normalized spacial score (nSPS) is 14.6. The number of hydrogen-bond donors (Lipinski definition) is 3. The summed E-state index contributed by atoms with van der Waals surface area (Å²) >= 11 is 0. The number of hydrogen-bond acceptors (Lipinski definition) is 12. The van der Waals surface area contributed by atoms with Crippen LogP contribution in [-0.2, 0) is 41.0 Å². The van der Waals surface area contributed by atoms with Gasteiger partial charge in [-0.3, -0.25) is 19.2 Å². The van der Waals surface area contributed by atoms with Gasteiger partial charge in [-0.1, -0.05) is 54.6 Å². The van der Waals surface area contributed by atoms with Crippen LogP contribution in [0.25, 0.3) is 11.4 Å². The Bertz CT molecular complexity index is 2730. The summed E-state index contributed by atoms with van der Waals surface area (Å²) in [4.78, 5) is 73.2. The van der Waals surface area contributed by atoms with Gasteiger partial charge in [0.25, 0.3) is 11.8 Å². The third-order valence-electron chi connectivity index (χ3n) is 11.8. The summed E-state index contributed by atoms with van der Waals surface area (Å²) in [5.74, 6) is -3.89. The van der Waals surface area contributed by atoms with Crippen molar-refractivity contribution < 1.29 is 78.1 Å². The van der Waals surface area contributed by atoms with Crippen molar-refractivity contribution in [2.75, 3.05) is 52.5 Å². The van der Waals surface area contributed by atoms with Gasteiger partial charge in [0.15, 0.2) is 11.4 Å². The lowest BCUT2D eigenvalue weighted by molar-refractivity contribution is -0.162. The van der Waals surface area contributed by atoms with Crippen molar-refractivity contribution >= 4 is 48.0 Å². The van der Waals surface area contributed by atoms with Crippen molar-refractivity contribution in [1.82, 2.24) is 40.4 Å². The first-order chi connectivity index (χ1) is 36.6. The van der Waals surface area contributed by atoms with Crippen LogP contribution >= 0.6 is 12.4 Å². The van der Waals surface area contributed by atoms with E-state index in [1.807, 2.05) is 0 Å². The zero-order valence-electron chi connectivity index (χ0n) is 42.5. The maximum Gasteiger partial charge on any atom is 0.435 e. The smallest absolute Gasteiger partial charge is 0.435 e. The van der Waals surface area contributed by atoms with Gasteiger partial charge in [-0.2, -0.15) is 36.5 Å². The third kappa shape index (κ3) is 18.4. The van der Waals surface area contributed by atoms with E-state index in [0.717, 1.165) is 21.8 Å². The highest BCUT2D eigenvalue weighted by molar-refractivity contribution is 5.96. The van der Waals surface area contributed by atoms with Gasteiger partial charge < -0.3 is 35.1 Å². The Morgan fingerprint density at radius 2 is 1.00 bits per heavy atom. The van der Waals surface area contributed by atoms with Crippen molar-refractivity contribution in [2.45, 2.75) is 88.9 Å². The molecule has 0 atom stereocenters. The first kappa shape index (κ1) is 63.1. The number of piperidine rings is 2. The van der Waals surface area contributed by atoms with Crippen molar-refractivity contribution in [3.8, 4) is 17.1 Å². The lowest BCUT2D eigenvalue weighted by atomic mass is 9.93. The lowest BCUT2D eigenvalue weighted by Gasteiger charge is -2.34. The second-order valence-electron chi connectivity index (χ2n) is 17.3. The van der Waals surface area contributed by atoms with E-state index in [4.69, 9.17) is 9.47 Å². The highest BCUT2D eigenvalue weighted by atomic mass is 35.5. The van der Waals surface area contributed by atoms with Crippen LogP contribution in [0.3, 0.4) is 0 Å². The van der Waals surface area contributed by atoms with E-state index in [1.54, 1.807) is 105 Å². The standard InChI is InChI=1S/C23H26F4N4O4.C21H18F3N3O3.C8H14FNO2.ClH/c1-2-35-21(34)22(24)10-13-30(14-11-22)18(32)9-6-12-28-20(33)17-15-31(16-7-4-3-5-8-16)29-19(17)23(25,26)27;22-21(23,24)19-17(14-27(26-19)15-8-3-1-4-9-15)20(29)25-13-7-12-18(28)30-16-10-5-2-6-11-16;1-2-12-7(11)8(9)3-5-10-6-4-8;/h3-5,7-8,15H,2,6,9-14H2,1H3,(H,28,33);1-6,8-11,14H,7,12-13H2,(H,25,29);10H,2-6H2,1H3;1H. The molecule has 7 rings (SSSR count). The van der Waals surface area contributed by atoms with Crippen LogP contribution in [0, 0.1) is 0 Å². The molecule has 3 aromatic carbocycles. The fraction of sp³-hybridized carbons (Fsp3) is 0.423. The molecule has 0 aliphatic carbocycles. The van der Waals surface area contributed by atoms with E-state index >= 15 is 0 Å². The van der Waals surface area contributed by atoms with Crippen molar-refractivity contribution in [1.29, 1.82) is 0 Å². The number of aromatic nitrogens is 4. The number of carbonyl (C=O) groups is 6. The van der Waals surface area contributed by atoms with Gasteiger partial charge in [0.05, 0.1) is 35.7 Å². The second-order valence-corrected chi connectivity index (χ2v) is 17.3. The Balaban J connectivity index is 0.000000277. The lowest BCUT2D eigenvalue weighted by Crippen LogP contribution is -2.49. The number of rotatable bonds is 17. The molecule has 0 spiro atoms. The predicted molar refractivity (Wildman–Crippen MR) is 268 cm³/mol. The Labute approximate surface area is 449 Å². The Morgan fingerprint density at radius 1 is 0.603 bits per heavy atom. The molecular weight excluding hydrogens is 1070 g/mol. The quantitative estimate of drug-likeness (QED) is 0.0348. The molecule has 4 heterocycles. The number of carbonyl (C=O) groups excluding carboxylic acids is 6. The fourth-order valence-corrected chi connectivity index (χ4v) is 7.68. The summed E-state index contributed by atoms with van der Waals surface area (Å²) in [6, 6.07) is 24.7. The highest BCUT2D eigenvalue weighted by Gasteiger charge is 2.45. The summed E-state index contributed by atoms with van der Waals surface area (Å²) in [6.45, 7) is 4.75. The van der Waals surface area contributed by atoms with Gasteiger partial charge in [0.1, 0.15) is 5.75 Å². The van der Waals surface area contributed by atoms with Crippen LogP contribution in [0.5, 0.6) is 5.75 Å². The average Bonchev–Trinajstić information content (AvgIpc) is 4.10. The number of para-hydroxylation sites is 3. The Hall–Kier alpha value is -7.41. The number of likely N-dealkylation sites (tertiary alicyclic amines) is 1. The van der Waals surface area contributed by atoms with Gasteiger partial charge in [0.2, 0.25) is 17.2 Å². The van der Waals surface area contributed by atoms with E-state index in [0.29, 0.717) is 30.2 Å². The first-order valence-electron chi connectivity index (χ1n) is 24.6. The second kappa shape index (κ2) is 29.4. The Morgan fingerprint density at radius 3 is 1.41 bits per heavy atom. The number of benzene rings is 3. The van der Waals surface area contributed by atoms with Crippen LogP contribution in [0.15, 0.2) is 103 Å². The summed E-state index contributed by atoms with van der Waals surface area (Å²) in [6.07, 6.45) is -7.04. The number of halogens is 9. The molecule has 26 heteroatoms. The fourth-order valence-electron chi connectivity index (χ4n) is 7.68. The molecule has 5 aromatic rings. The summed E-state index contributed by atoms with van der Waals surface area (Å²) < 4.78 is 125. The number of ether oxygens (including phenoxy) is 3. The summed E-state index contributed by atoms with van der Waals surface area (Å²) in [7, 11) is 0. The minimum Gasteiger partial charge on any atom is -0.464 e. The molecular formula is C52H59ClF8N8O9. The molecule has 0 radical (unpaired) electrons. The predicted octanol–water partition coefficient (Wildman–Crippen LogP) is 8.36. The molecule has 2 aromatic heterocycles. The highest BCUT2D eigenvalue weighted by Crippen LogP contribution is 2.33. The van der Waals surface area contributed by atoms with E-state index < -0.39 is 75.9 Å². The number of nitrogens with zero attached hydrogens (tertiary/aromatic N) is 5. The number of amides is 3. The molecule has 2 fully saturated rings. The Kier molecular flexibility index (Phi) is 23.8. The molecule has 3 N–H and O–H groups in total. The maximum atomic E-state index is 14.6. The molecule has 17 nitrogen and oxygen atoms in total. The minimum atomic E-state index is -4.83. The van der Waals surface area contributed by atoms with E-state index in [9.17, 15) is 63.9 Å². The number of alkyl halides is 8. The van der Waals surface area contributed by atoms with Crippen molar-refractivity contribution in [3.63, 3.8) is 0 Å². The van der Waals surface area contributed by atoms with Gasteiger partial charge in [-0.15, -0.1) is 12.4 Å².